The minimum atomic E-state index is 0.481. The molecule has 2 N–H and O–H groups in total. The number of guanidine groups is 1. The molecule has 0 unspecified atom stereocenters. The van der Waals surface area contributed by atoms with E-state index in [0.717, 1.165) is 16.9 Å². The minimum Gasteiger partial charge on any atom is -0.492 e. The van der Waals surface area contributed by atoms with E-state index in [1.54, 1.807) is 13.2 Å². The zero-order valence-corrected chi connectivity index (χ0v) is 16.5. The summed E-state index contributed by atoms with van der Waals surface area (Å²) in [6.45, 7) is 2.22. The second-order valence-corrected chi connectivity index (χ2v) is 6.26. The monoisotopic (exact) mass is 390 g/mol. The first-order valence-electron chi connectivity index (χ1n) is 9.58. The van der Waals surface area contributed by atoms with Gasteiger partial charge in [-0.3, -0.25) is 4.99 Å². The fourth-order valence-electron chi connectivity index (χ4n) is 2.67. The molecule has 6 heteroatoms. The van der Waals surface area contributed by atoms with Crippen LogP contribution < -0.4 is 20.1 Å². The predicted molar refractivity (Wildman–Crippen MR) is 115 cm³/mol. The van der Waals surface area contributed by atoms with Crippen molar-refractivity contribution in [3.05, 3.63) is 90.1 Å². The zero-order valence-electron chi connectivity index (χ0n) is 16.5. The highest BCUT2D eigenvalue weighted by Gasteiger charge is 2.06. The normalized spacial score (nSPS) is 11.0. The Balaban J connectivity index is 1.45. The molecule has 3 aromatic rings. The van der Waals surface area contributed by atoms with Crippen LogP contribution in [0.1, 0.15) is 11.1 Å². The number of pyridine rings is 1. The summed E-state index contributed by atoms with van der Waals surface area (Å²) < 4.78 is 11.6. The van der Waals surface area contributed by atoms with Crippen LogP contribution >= 0.6 is 0 Å². The molecular weight excluding hydrogens is 364 g/mol. The van der Waals surface area contributed by atoms with E-state index in [9.17, 15) is 0 Å². The van der Waals surface area contributed by atoms with Crippen molar-refractivity contribution in [1.29, 1.82) is 0 Å². The van der Waals surface area contributed by atoms with Crippen LogP contribution in [0.25, 0.3) is 0 Å². The average molecular weight is 390 g/mol. The Hall–Kier alpha value is -3.54. The Morgan fingerprint density at radius 3 is 2.41 bits per heavy atom. The van der Waals surface area contributed by atoms with Gasteiger partial charge in [0.2, 0.25) is 5.88 Å². The van der Waals surface area contributed by atoms with Gasteiger partial charge < -0.3 is 20.1 Å². The topological polar surface area (TPSA) is 67.8 Å². The Kier molecular flexibility index (Phi) is 7.90. The molecule has 0 fully saturated rings. The lowest BCUT2D eigenvalue weighted by Gasteiger charge is -2.14. The molecular formula is C23H26N4O2. The third-order valence-electron chi connectivity index (χ3n) is 4.14. The molecule has 2 aromatic carbocycles. The Bertz CT molecular complexity index is 886. The number of rotatable bonds is 9. The van der Waals surface area contributed by atoms with E-state index < -0.39 is 0 Å². The number of aliphatic imine (C=N–C) groups is 1. The molecule has 3 rings (SSSR count). The number of para-hydroxylation sites is 1. The van der Waals surface area contributed by atoms with Crippen LogP contribution in [0.3, 0.4) is 0 Å². The van der Waals surface area contributed by atoms with Gasteiger partial charge in [-0.2, -0.15) is 0 Å². The molecule has 0 atom stereocenters. The maximum Gasteiger partial charge on any atom is 0.218 e. The largest absolute Gasteiger partial charge is 0.492 e. The fourth-order valence-corrected chi connectivity index (χ4v) is 2.67. The molecule has 150 valence electrons. The third kappa shape index (κ3) is 6.84. The quantitative estimate of drug-likeness (QED) is 0.333. The number of nitrogens with one attached hydrogen (secondary N) is 2. The number of hydrogen-bond acceptors (Lipinski definition) is 4. The minimum absolute atomic E-state index is 0.481. The molecule has 29 heavy (non-hydrogen) atoms. The smallest absolute Gasteiger partial charge is 0.218 e. The molecule has 0 aliphatic carbocycles. The van der Waals surface area contributed by atoms with E-state index in [4.69, 9.17) is 9.47 Å². The van der Waals surface area contributed by atoms with Crippen LogP contribution in [-0.4, -0.2) is 31.1 Å². The predicted octanol–water partition coefficient (Wildman–Crippen LogP) is 3.40. The van der Waals surface area contributed by atoms with Gasteiger partial charge in [0, 0.05) is 25.4 Å². The zero-order chi connectivity index (χ0) is 20.2. The van der Waals surface area contributed by atoms with Crippen molar-refractivity contribution in [3.8, 4) is 11.6 Å². The molecule has 0 aliphatic heterocycles. The van der Waals surface area contributed by atoms with Crippen LogP contribution in [0.4, 0.5) is 0 Å². The number of aromatic nitrogens is 1. The highest BCUT2D eigenvalue weighted by atomic mass is 16.5. The first-order chi connectivity index (χ1) is 14.3. The third-order valence-corrected chi connectivity index (χ3v) is 4.14. The van der Waals surface area contributed by atoms with Crippen LogP contribution in [-0.2, 0) is 13.2 Å². The summed E-state index contributed by atoms with van der Waals surface area (Å²) in [6.07, 6.45) is 1.73. The lowest BCUT2D eigenvalue weighted by Crippen LogP contribution is -2.39. The lowest BCUT2D eigenvalue weighted by atomic mass is 10.2. The molecule has 0 radical (unpaired) electrons. The van der Waals surface area contributed by atoms with E-state index in [-0.39, 0.29) is 0 Å². The van der Waals surface area contributed by atoms with Crippen molar-refractivity contribution in [2.75, 3.05) is 20.2 Å². The van der Waals surface area contributed by atoms with Crippen molar-refractivity contribution >= 4 is 5.96 Å². The second-order valence-electron chi connectivity index (χ2n) is 6.26. The molecule has 0 saturated carbocycles. The second kappa shape index (κ2) is 11.3. The standard InChI is InChI=1S/C23H26N4O2/c1-24-23(26-15-16-28-21-12-6-3-7-13-21)27-17-20-11-8-14-25-22(20)29-18-19-9-4-2-5-10-19/h2-14H,15-18H2,1H3,(H2,24,26,27). The first kappa shape index (κ1) is 20.2. The number of hydrogen-bond donors (Lipinski definition) is 2. The first-order valence-corrected chi connectivity index (χ1v) is 9.58. The van der Waals surface area contributed by atoms with Crippen molar-refractivity contribution in [2.24, 2.45) is 4.99 Å². The molecule has 0 saturated heterocycles. The summed E-state index contributed by atoms with van der Waals surface area (Å²) in [4.78, 5) is 8.61. The SMILES string of the molecule is CN=C(NCCOc1ccccc1)NCc1cccnc1OCc1ccccc1. The van der Waals surface area contributed by atoms with Gasteiger partial charge in [-0.05, 0) is 23.8 Å². The fraction of sp³-hybridized carbons (Fsp3) is 0.217. The van der Waals surface area contributed by atoms with Crippen LogP contribution in [0.5, 0.6) is 11.6 Å². The van der Waals surface area contributed by atoms with Gasteiger partial charge in [-0.15, -0.1) is 0 Å². The number of ether oxygens (including phenoxy) is 2. The maximum absolute atomic E-state index is 5.91. The van der Waals surface area contributed by atoms with Gasteiger partial charge in [-0.1, -0.05) is 54.6 Å². The van der Waals surface area contributed by atoms with Crippen LogP contribution in [0, 0.1) is 0 Å². The molecule has 0 amide bonds. The summed E-state index contributed by atoms with van der Waals surface area (Å²) in [5.74, 6) is 2.17. The van der Waals surface area contributed by atoms with Gasteiger partial charge >= 0.3 is 0 Å². The van der Waals surface area contributed by atoms with E-state index in [1.807, 2.05) is 72.8 Å². The molecule has 0 spiro atoms. The van der Waals surface area contributed by atoms with E-state index in [1.165, 1.54) is 0 Å². The van der Waals surface area contributed by atoms with Gasteiger partial charge in [0.25, 0.3) is 0 Å². The van der Waals surface area contributed by atoms with Crippen molar-refractivity contribution in [2.45, 2.75) is 13.2 Å². The van der Waals surface area contributed by atoms with Crippen LogP contribution in [0.2, 0.25) is 0 Å². The maximum atomic E-state index is 5.91. The summed E-state index contributed by atoms with van der Waals surface area (Å²) in [5.41, 5.74) is 2.07. The number of nitrogens with zero attached hydrogens (tertiary/aromatic N) is 2. The average Bonchev–Trinajstić information content (AvgIpc) is 2.79. The van der Waals surface area contributed by atoms with Crippen molar-refractivity contribution in [3.63, 3.8) is 0 Å². The summed E-state index contributed by atoms with van der Waals surface area (Å²) >= 11 is 0. The van der Waals surface area contributed by atoms with Gasteiger partial charge in [-0.25, -0.2) is 4.98 Å². The van der Waals surface area contributed by atoms with Crippen molar-refractivity contribution in [1.82, 2.24) is 15.6 Å². The highest BCUT2D eigenvalue weighted by molar-refractivity contribution is 5.79. The molecule has 0 aliphatic rings. The highest BCUT2D eigenvalue weighted by Crippen LogP contribution is 2.16. The van der Waals surface area contributed by atoms with Crippen LogP contribution in [0.15, 0.2) is 84.0 Å². The molecule has 1 aromatic heterocycles. The summed E-state index contributed by atoms with van der Waals surface area (Å²) in [6, 6.07) is 23.7. The van der Waals surface area contributed by atoms with Gasteiger partial charge in [0.15, 0.2) is 5.96 Å². The summed E-state index contributed by atoms with van der Waals surface area (Å²) in [7, 11) is 1.74. The Labute approximate surface area is 171 Å². The van der Waals surface area contributed by atoms with E-state index in [2.05, 4.69) is 20.6 Å². The lowest BCUT2D eigenvalue weighted by molar-refractivity contribution is 0.290. The van der Waals surface area contributed by atoms with E-state index in [0.29, 0.717) is 38.1 Å². The molecule has 1 heterocycles. The molecule has 6 nitrogen and oxygen atoms in total. The summed E-state index contributed by atoms with van der Waals surface area (Å²) in [5, 5.41) is 6.53. The van der Waals surface area contributed by atoms with Gasteiger partial charge in [0.05, 0.1) is 6.54 Å². The molecule has 0 bridgehead atoms. The Morgan fingerprint density at radius 2 is 1.66 bits per heavy atom. The van der Waals surface area contributed by atoms with E-state index >= 15 is 0 Å². The Morgan fingerprint density at radius 1 is 0.897 bits per heavy atom. The van der Waals surface area contributed by atoms with Crippen molar-refractivity contribution < 1.29 is 9.47 Å². The van der Waals surface area contributed by atoms with Gasteiger partial charge in [0.1, 0.15) is 19.0 Å². The number of benzene rings is 2.